The lowest BCUT2D eigenvalue weighted by molar-refractivity contribution is 0.0527. The summed E-state index contributed by atoms with van der Waals surface area (Å²) >= 11 is 0. The van der Waals surface area contributed by atoms with Crippen molar-refractivity contribution < 1.29 is 28.3 Å². The number of carbonyl (C=O) groups excluding carboxylic acids is 3. The summed E-state index contributed by atoms with van der Waals surface area (Å²) in [5, 5.41) is 7.11. The van der Waals surface area contributed by atoms with Crippen LogP contribution < -0.4 is 15.5 Å². The van der Waals surface area contributed by atoms with E-state index in [4.69, 9.17) is 13.9 Å². The Hall–Kier alpha value is -4.40. The van der Waals surface area contributed by atoms with Crippen LogP contribution in [-0.4, -0.2) is 37.2 Å². The maximum absolute atomic E-state index is 13.1. The van der Waals surface area contributed by atoms with Crippen LogP contribution in [0.2, 0.25) is 0 Å². The van der Waals surface area contributed by atoms with Crippen LogP contribution in [0.1, 0.15) is 67.9 Å². The number of para-hydroxylation sites is 1. The van der Waals surface area contributed by atoms with Crippen molar-refractivity contribution in [3.63, 3.8) is 0 Å². The van der Waals surface area contributed by atoms with Gasteiger partial charge in [0.15, 0.2) is 5.76 Å². The Kier molecular flexibility index (Phi) is 7.48. The lowest BCUT2D eigenvalue weighted by atomic mass is 9.93. The molecule has 1 aromatic heterocycles. The van der Waals surface area contributed by atoms with Gasteiger partial charge in [-0.05, 0) is 63.1 Å². The van der Waals surface area contributed by atoms with Gasteiger partial charge in [0.2, 0.25) is 0 Å². The predicted octanol–water partition coefficient (Wildman–Crippen LogP) is 4.50. The van der Waals surface area contributed by atoms with Crippen LogP contribution in [0.5, 0.6) is 5.75 Å². The molecule has 186 valence electrons. The smallest absolute Gasteiger partial charge is 0.340 e. The van der Waals surface area contributed by atoms with E-state index in [1.165, 1.54) is 0 Å². The maximum Gasteiger partial charge on any atom is 0.340 e. The summed E-state index contributed by atoms with van der Waals surface area (Å²) in [5.41, 5.74) is 5.61. The first-order chi connectivity index (χ1) is 17.4. The van der Waals surface area contributed by atoms with E-state index in [1.807, 2.05) is 0 Å². The zero-order valence-electron chi connectivity index (χ0n) is 20.3. The molecule has 0 bridgehead atoms. The third kappa shape index (κ3) is 5.14. The number of anilines is 1. The Morgan fingerprint density at radius 3 is 2.50 bits per heavy atom. The number of aryl methyl sites for hydroxylation is 1. The molecule has 4 rings (SSSR count). The van der Waals surface area contributed by atoms with E-state index in [2.05, 4.69) is 15.8 Å². The number of hydrazone groups is 1. The van der Waals surface area contributed by atoms with E-state index in [1.54, 1.807) is 69.5 Å². The Labute approximate surface area is 208 Å². The van der Waals surface area contributed by atoms with E-state index in [0.717, 1.165) is 12.0 Å². The summed E-state index contributed by atoms with van der Waals surface area (Å²) in [6, 6.07) is 13.3. The van der Waals surface area contributed by atoms with Gasteiger partial charge in [0.25, 0.3) is 11.8 Å². The zero-order valence-corrected chi connectivity index (χ0v) is 20.3. The first-order valence-corrected chi connectivity index (χ1v) is 11.6. The summed E-state index contributed by atoms with van der Waals surface area (Å²) in [6.07, 6.45) is 2.04. The molecule has 3 aromatic rings. The largest absolute Gasteiger partial charge is 0.497 e. The number of carbonyl (C=O) groups is 3. The van der Waals surface area contributed by atoms with E-state index >= 15 is 0 Å². The van der Waals surface area contributed by atoms with Gasteiger partial charge in [-0.2, -0.15) is 5.10 Å². The fourth-order valence-electron chi connectivity index (χ4n) is 4.08. The molecule has 1 aliphatic carbocycles. The van der Waals surface area contributed by atoms with Gasteiger partial charge in [-0.25, -0.2) is 10.2 Å². The first-order valence-electron chi connectivity index (χ1n) is 11.6. The molecule has 2 N–H and O–H groups in total. The summed E-state index contributed by atoms with van der Waals surface area (Å²) in [7, 11) is 1.56. The van der Waals surface area contributed by atoms with E-state index < -0.39 is 11.9 Å². The SMILES string of the molecule is CCOC(=O)c1ccccc1NC(=O)c1oc2c(c1C)/C(=N/NC(=O)c1ccc(OC)cc1)CCC2. The highest BCUT2D eigenvalue weighted by atomic mass is 16.5. The number of esters is 1. The van der Waals surface area contributed by atoms with Crippen molar-refractivity contribution in [3.05, 3.63) is 82.3 Å². The second-order valence-corrected chi connectivity index (χ2v) is 8.16. The average molecular weight is 490 g/mol. The highest BCUT2D eigenvalue weighted by Crippen LogP contribution is 2.30. The lowest BCUT2D eigenvalue weighted by Gasteiger charge is -2.13. The van der Waals surface area contributed by atoms with Gasteiger partial charge in [-0.15, -0.1) is 0 Å². The number of nitrogens with one attached hydrogen (secondary N) is 2. The number of fused-ring (bicyclic) bond motifs is 1. The van der Waals surface area contributed by atoms with E-state index in [-0.39, 0.29) is 23.8 Å². The molecule has 0 atom stereocenters. The van der Waals surface area contributed by atoms with Gasteiger partial charge >= 0.3 is 5.97 Å². The molecule has 0 aliphatic heterocycles. The number of nitrogens with zero attached hydrogens (tertiary/aromatic N) is 1. The maximum atomic E-state index is 13.1. The normalized spacial score (nSPS) is 13.6. The van der Waals surface area contributed by atoms with Crippen LogP contribution >= 0.6 is 0 Å². The molecule has 2 aromatic carbocycles. The minimum atomic E-state index is -0.522. The van der Waals surface area contributed by atoms with Gasteiger partial charge in [0.1, 0.15) is 11.5 Å². The number of hydrogen-bond donors (Lipinski definition) is 2. The molecule has 0 fully saturated rings. The molecule has 0 spiro atoms. The van der Waals surface area contributed by atoms with E-state index in [9.17, 15) is 14.4 Å². The van der Waals surface area contributed by atoms with Crippen molar-refractivity contribution in [1.29, 1.82) is 0 Å². The van der Waals surface area contributed by atoms with E-state index in [0.29, 0.717) is 46.9 Å². The summed E-state index contributed by atoms with van der Waals surface area (Å²) < 4.78 is 16.1. The van der Waals surface area contributed by atoms with Crippen molar-refractivity contribution in [2.75, 3.05) is 19.0 Å². The van der Waals surface area contributed by atoms with Gasteiger partial charge in [0.05, 0.1) is 30.7 Å². The highest BCUT2D eigenvalue weighted by molar-refractivity contribution is 6.11. The topological polar surface area (TPSA) is 119 Å². The quantitative estimate of drug-likeness (QED) is 0.373. The van der Waals surface area contributed by atoms with Crippen molar-refractivity contribution in [1.82, 2.24) is 5.43 Å². The Bertz CT molecular complexity index is 1320. The zero-order chi connectivity index (χ0) is 25.7. The van der Waals surface area contributed by atoms with Crippen molar-refractivity contribution in [2.24, 2.45) is 5.10 Å². The molecule has 9 heteroatoms. The van der Waals surface area contributed by atoms with Gasteiger partial charge in [0, 0.05) is 23.1 Å². The molecule has 9 nitrogen and oxygen atoms in total. The molecule has 0 radical (unpaired) electrons. The first kappa shape index (κ1) is 24.7. The number of amides is 2. The predicted molar refractivity (Wildman–Crippen MR) is 134 cm³/mol. The minimum Gasteiger partial charge on any atom is -0.497 e. The summed E-state index contributed by atoms with van der Waals surface area (Å²) in [4.78, 5) is 37.9. The van der Waals surface area contributed by atoms with Crippen LogP contribution in [0.4, 0.5) is 5.69 Å². The van der Waals surface area contributed by atoms with Crippen molar-refractivity contribution in [3.8, 4) is 5.75 Å². The number of hydrogen-bond acceptors (Lipinski definition) is 7. The average Bonchev–Trinajstić information content (AvgIpc) is 3.25. The molecule has 36 heavy (non-hydrogen) atoms. The standard InChI is InChI=1S/C27H27N3O6/c1-4-35-27(33)19-8-5-6-9-20(19)28-26(32)24-16(2)23-21(10-7-11-22(23)36-24)29-30-25(31)17-12-14-18(34-3)15-13-17/h5-6,8-9,12-15H,4,7,10-11H2,1-3H3,(H,28,32)(H,30,31)/b29-21+. The number of rotatable bonds is 7. The molecule has 1 aliphatic rings. The molecular formula is C27H27N3O6. The number of furan rings is 1. The fourth-order valence-corrected chi connectivity index (χ4v) is 4.08. The van der Waals surface area contributed by atoms with Crippen LogP contribution in [0.3, 0.4) is 0 Å². The Morgan fingerprint density at radius 1 is 1.03 bits per heavy atom. The number of benzene rings is 2. The monoisotopic (exact) mass is 489 g/mol. The van der Waals surface area contributed by atoms with Gasteiger partial charge in [-0.1, -0.05) is 12.1 Å². The third-order valence-electron chi connectivity index (χ3n) is 5.85. The molecule has 0 saturated heterocycles. The second kappa shape index (κ2) is 10.9. The molecule has 2 amide bonds. The number of methoxy groups -OCH3 is 1. The molecule has 1 heterocycles. The van der Waals surface area contributed by atoms with Crippen LogP contribution in [0.25, 0.3) is 0 Å². The third-order valence-corrected chi connectivity index (χ3v) is 5.85. The highest BCUT2D eigenvalue weighted by Gasteiger charge is 2.28. The van der Waals surface area contributed by atoms with Crippen molar-refractivity contribution >= 4 is 29.2 Å². The Morgan fingerprint density at radius 2 is 1.78 bits per heavy atom. The molecule has 0 unspecified atom stereocenters. The molecule has 0 saturated carbocycles. The number of ether oxygens (including phenoxy) is 2. The fraction of sp³-hybridized carbons (Fsp3) is 0.259. The van der Waals surface area contributed by atoms with Crippen molar-refractivity contribution in [2.45, 2.75) is 33.1 Å². The van der Waals surface area contributed by atoms with Crippen LogP contribution in [0, 0.1) is 6.92 Å². The van der Waals surface area contributed by atoms with Crippen LogP contribution in [0.15, 0.2) is 58.0 Å². The Balaban J connectivity index is 1.55. The summed E-state index contributed by atoms with van der Waals surface area (Å²) in [5.74, 6) is 0.0624. The molecular weight excluding hydrogens is 462 g/mol. The lowest BCUT2D eigenvalue weighted by Crippen LogP contribution is -2.22. The van der Waals surface area contributed by atoms with Gasteiger partial charge < -0.3 is 19.2 Å². The summed E-state index contributed by atoms with van der Waals surface area (Å²) in [6.45, 7) is 3.72. The second-order valence-electron chi connectivity index (χ2n) is 8.16. The minimum absolute atomic E-state index is 0.134. The van der Waals surface area contributed by atoms with Gasteiger partial charge in [-0.3, -0.25) is 9.59 Å². The van der Waals surface area contributed by atoms with Crippen LogP contribution in [-0.2, 0) is 11.2 Å².